The van der Waals surface area contributed by atoms with Crippen molar-refractivity contribution in [1.29, 1.82) is 0 Å². The third-order valence-electron chi connectivity index (χ3n) is 25.7. The van der Waals surface area contributed by atoms with Gasteiger partial charge in [-0.25, -0.2) is 9.97 Å². The number of fused-ring (bicyclic) bond motifs is 19. The van der Waals surface area contributed by atoms with Crippen LogP contribution in [0.25, 0.3) is 194 Å². The Morgan fingerprint density at radius 3 is 0.955 bits per heavy atom. The zero-order valence-electron chi connectivity index (χ0n) is 63.1. The van der Waals surface area contributed by atoms with E-state index in [1.807, 2.05) is 0 Å². The number of rotatable bonds is 9. The van der Waals surface area contributed by atoms with Crippen LogP contribution in [0.3, 0.4) is 0 Å². The van der Waals surface area contributed by atoms with E-state index in [0.717, 1.165) is 83.5 Å². The third kappa shape index (κ3) is 9.37. The Kier molecular flexibility index (Phi) is 13.6. The van der Waals surface area contributed by atoms with E-state index in [-0.39, 0.29) is 16.2 Å². The Morgan fingerprint density at radius 2 is 0.518 bits per heavy atom. The van der Waals surface area contributed by atoms with Crippen molar-refractivity contribution >= 4 is 76.3 Å². The molecule has 112 heavy (non-hydrogen) atoms. The van der Waals surface area contributed by atoms with E-state index in [4.69, 9.17) is 9.97 Å². The highest BCUT2D eigenvalue weighted by molar-refractivity contribution is 6.13. The second kappa shape index (κ2) is 23.6. The summed E-state index contributed by atoms with van der Waals surface area (Å²) in [5.41, 5.74) is 39.2. The molecule has 0 atom stereocenters. The second-order valence-electron chi connectivity index (χ2n) is 32.8. The van der Waals surface area contributed by atoms with Crippen molar-refractivity contribution in [2.45, 2.75) is 57.8 Å². The van der Waals surface area contributed by atoms with Crippen LogP contribution in [0.1, 0.15) is 74.9 Å². The monoisotopic (exact) mass is 1430 g/mol. The predicted molar refractivity (Wildman–Crippen MR) is 468 cm³/mol. The van der Waals surface area contributed by atoms with Crippen LogP contribution >= 0.6 is 0 Å². The molecular weight excluding hydrogens is 1360 g/mol. The summed E-state index contributed by atoms with van der Waals surface area (Å²) in [4.78, 5) is 11.2. The molecule has 3 aliphatic rings. The van der Waals surface area contributed by atoms with Gasteiger partial charge < -0.3 is 13.7 Å². The molecule has 5 nitrogen and oxygen atoms in total. The van der Waals surface area contributed by atoms with Gasteiger partial charge in [-0.05, 0) is 227 Å². The normalized spacial score (nSPS) is 14.0. The molecule has 528 valence electrons. The predicted octanol–water partition coefficient (Wildman–Crippen LogP) is 27.8. The molecule has 0 saturated carbocycles. The SMILES string of the molecule is CC1(C)c2ccccc2-c2ccc(-c3ccc4c5ccccc5n(-c5ccc(-c6nc(-c7ccc(-n8c9ccccc9c9ccc(-c%10ccc%11c(c%10)C(C)(C)c%10ccccc%10-%11)cc98)cc7)c7cc(-c8cccc(-n9c%10ccccc%10c%10ccc(-c%11ccc%12c(c%11)C(C)(C)c%11ccccc%11-%12)cc%109)c8)ccc7n6)cc5)c4c3)cc21. The van der Waals surface area contributed by atoms with Crippen LogP contribution in [-0.2, 0) is 16.2 Å². The number of nitrogens with zero attached hydrogens (tertiary/aromatic N) is 5. The van der Waals surface area contributed by atoms with Gasteiger partial charge in [0.25, 0.3) is 0 Å². The van der Waals surface area contributed by atoms with Gasteiger partial charge in [-0.15, -0.1) is 0 Å². The minimum absolute atomic E-state index is 0.102. The first-order valence-corrected chi connectivity index (χ1v) is 39.3. The Labute approximate surface area is 650 Å². The van der Waals surface area contributed by atoms with Crippen LogP contribution in [-0.4, -0.2) is 23.7 Å². The first-order chi connectivity index (χ1) is 54.8. The number of para-hydroxylation sites is 3. The molecule has 0 saturated heterocycles. The van der Waals surface area contributed by atoms with Crippen molar-refractivity contribution < 1.29 is 0 Å². The summed E-state index contributed by atoms with van der Waals surface area (Å²) in [6, 6.07) is 129. The molecule has 4 aromatic heterocycles. The van der Waals surface area contributed by atoms with Crippen LogP contribution in [0.4, 0.5) is 0 Å². The molecule has 0 radical (unpaired) electrons. The maximum Gasteiger partial charge on any atom is 0.160 e. The maximum absolute atomic E-state index is 5.72. The standard InChI is InChI=1S/C107H75N5/c1-105(2)90-28-13-7-22-77(90)80-49-38-68(58-93(80)105)71-41-52-86-83-25-10-16-31-97(83)110(100(86)61-71)74-45-34-64(35-46-74)103-89-57-67(66-20-19-21-76(56-66)112-99-33-18-12-27-85(99)88-54-43-73(63-102(88)112)70-40-51-82-79-24-9-15-30-92(79)107(5,6)95(82)60-70)44-55-96(89)108-104(109-103)65-36-47-75(48-37-65)111-98-32-17-11-26-84(98)87-53-42-72(62-101(87)111)69-39-50-81-78-23-8-14-29-91(78)106(3,4)94(81)59-69/h7-63H,1-6H3. The highest BCUT2D eigenvalue weighted by Crippen LogP contribution is 2.54. The fourth-order valence-electron chi connectivity index (χ4n) is 19.9. The van der Waals surface area contributed by atoms with Gasteiger partial charge in [-0.1, -0.05) is 272 Å². The third-order valence-corrected chi connectivity index (χ3v) is 25.7. The largest absolute Gasteiger partial charge is 0.309 e. The van der Waals surface area contributed by atoms with Gasteiger partial charge in [0.1, 0.15) is 0 Å². The maximum atomic E-state index is 5.72. The summed E-state index contributed by atoms with van der Waals surface area (Å²) in [7, 11) is 0. The first-order valence-electron chi connectivity index (χ1n) is 39.3. The van der Waals surface area contributed by atoms with Crippen molar-refractivity contribution in [3.8, 4) is 118 Å². The molecule has 0 aliphatic heterocycles. The second-order valence-corrected chi connectivity index (χ2v) is 32.8. The van der Waals surface area contributed by atoms with Crippen LogP contribution in [0.15, 0.2) is 346 Å². The van der Waals surface area contributed by atoms with Crippen molar-refractivity contribution in [2.24, 2.45) is 0 Å². The number of benzene rings is 16. The molecule has 0 unspecified atom stereocenters. The van der Waals surface area contributed by atoms with Gasteiger partial charge in [-0.2, -0.15) is 0 Å². The molecule has 0 fully saturated rings. The van der Waals surface area contributed by atoms with Gasteiger partial charge >= 0.3 is 0 Å². The average molecular weight is 1430 g/mol. The van der Waals surface area contributed by atoms with E-state index in [1.165, 1.54) is 138 Å². The van der Waals surface area contributed by atoms with E-state index in [2.05, 4.69) is 401 Å². The van der Waals surface area contributed by atoms with Crippen molar-refractivity contribution in [1.82, 2.24) is 23.7 Å². The highest BCUT2D eigenvalue weighted by atomic mass is 15.0. The molecule has 0 bridgehead atoms. The van der Waals surface area contributed by atoms with Crippen molar-refractivity contribution in [2.75, 3.05) is 0 Å². The van der Waals surface area contributed by atoms with Gasteiger partial charge in [-0.3, -0.25) is 0 Å². The van der Waals surface area contributed by atoms with Crippen molar-refractivity contribution in [3.05, 3.63) is 379 Å². The number of hydrogen-bond acceptors (Lipinski definition) is 2. The molecule has 0 N–H and O–H groups in total. The molecular formula is C107H75N5. The quantitative estimate of drug-likeness (QED) is 0.144. The van der Waals surface area contributed by atoms with E-state index in [1.54, 1.807) is 0 Å². The first kappa shape index (κ1) is 64.3. The summed E-state index contributed by atoms with van der Waals surface area (Å²) in [6.45, 7) is 14.2. The number of aromatic nitrogens is 5. The Balaban J connectivity index is 0.647. The Morgan fingerprint density at radius 1 is 0.196 bits per heavy atom. The zero-order valence-corrected chi connectivity index (χ0v) is 63.1. The number of hydrogen-bond donors (Lipinski definition) is 0. The zero-order chi connectivity index (χ0) is 74.6. The average Bonchev–Trinajstić information content (AvgIpc) is 1.63. The highest BCUT2D eigenvalue weighted by Gasteiger charge is 2.38. The molecule has 0 amide bonds. The summed E-state index contributed by atoms with van der Waals surface area (Å²) in [6.07, 6.45) is 0. The van der Waals surface area contributed by atoms with Crippen molar-refractivity contribution in [3.63, 3.8) is 0 Å². The summed E-state index contributed by atoms with van der Waals surface area (Å²) in [5.74, 6) is 0.659. The Bertz CT molecular complexity index is 7450. The van der Waals surface area contributed by atoms with E-state index >= 15 is 0 Å². The molecule has 16 aromatic carbocycles. The molecule has 5 heteroatoms. The lowest BCUT2D eigenvalue weighted by molar-refractivity contribution is 0.660. The van der Waals surface area contributed by atoms with E-state index in [9.17, 15) is 0 Å². The van der Waals surface area contributed by atoms with Crippen LogP contribution in [0, 0.1) is 0 Å². The fourth-order valence-corrected chi connectivity index (χ4v) is 19.9. The van der Waals surface area contributed by atoms with Crippen LogP contribution in [0.5, 0.6) is 0 Å². The van der Waals surface area contributed by atoms with Gasteiger partial charge in [0, 0.05) is 82.1 Å². The molecule has 3 aliphatic carbocycles. The van der Waals surface area contributed by atoms with Gasteiger partial charge in [0.05, 0.1) is 44.3 Å². The van der Waals surface area contributed by atoms with Gasteiger partial charge in [0.15, 0.2) is 5.82 Å². The lowest BCUT2D eigenvalue weighted by atomic mass is 9.81. The molecule has 20 aromatic rings. The van der Waals surface area contributed by atoms with E-state index < -0.39 is 0 Å². The van der Waals surface area contributed by atoms with E-state index in [0.29, 0.717) is 5.82 Å². The smallest absolute Gasteiger partial charge is 0.160 e. The van der Waals surface area contributed by atoms with Crippen LogP contribution < -0.4 is 0 Å². The summed E-state index contributed by atoms with van der Waals surface area (Å²) in [5, 5.41) is 8.28. The molecule has 0 spiro atoms. The topological polar surface area (TPSA) is 40.6 Å². The van der Waals surface area contributed by atoms with Gasteiger partial charge in [0.2, 0.25) is 0 Å². The minimum Gasteiger partial charge on any atom is -0.309 e. The minimum atomic E-state index is -0.107. The lowest BCUT2D eigenvalue weighted by Gasteiger charge is -2.22. The Hall–Kier alpha value is -13.7. The molecule has 23 rings (SSSR count). The fraction of sp³-hybridized carbons (Fsp3) is 0.0841. The molecule has 4 heterocycles. The summed E-state index contributed by atoms with van der Waals surface area (Å²) < 4.78 is 7.32. The van der Waals surface area contributed by atoms with Crippen LogP contribution in [0.2, 0.25) is 0 Å². The lowest BCUT2D eigenvalue weighted by Crippen LogP contribution is -2.14. The summed E-state index contributed by atoms with van der Waals surface area (Å²) >= 11 is 0.